The van der Waals surface area contributed by atoms with E-state index in [0.29, 0.717) is 16.6 Å². The molecule has 4 nitrogen and oxygen atoms in total. The molecule has 6 heteroatoms. The van der Waals surface area contributed by atoms with Gasteiger partial charge in [-0.3, -0.25) is 10.1 Å². The maximum Gasteiger partial charge on any atom is 0.258 e. The Kier molecular flexibility index (Phi) is 4.88. The summed E-state index contributed by atoms with van der Waals surface area (Å²) in [5, 5.41) is 12.4. The molecule has 0 unspecified atom stereocenters. The van der Waals surface area contributed by atoms with Crippen LogP contribution in [0.15, 0.2) is 22.7 Å². The van der Waals surface area contributed by atoms with Crippen LogP contribution < -0.4 is 5.32 Å². The van der Waals surface area contributed by atoms with Crippen molar-refractivity contribution in [1.82, 2.24) is 10.2 Å². The van der Waals surface area contributed by atoms with Crippen LogP contribution in [0.25, 0.3) is 0 Å². The van der Waals surface area contributed by atoms with Crippen molar-refractivity contribution in [1.29, 1.82) is 0 Å². The summed E-state index contributed by atoms with van der Waals surface area (Å²) in [4.78, 5) is 12.2. The second-order valence-corrected chi connectivity index (χ2v) is 6.95. The zero-order valence-corrected chi connectivity index (χ0v) is 14.0. The SMILES string of the molecule is Cc1ccc(Br)c(C(=O)Nc2nnc(CC(C)C)s2)c1. The molecule has 106 valence electrons. The number of nitrogens with one attached hydrogen (secondary N) is 1. The van der Waals surface area contributed by atoms with Crippen molar-refractivity contribution in [2.75, 3.05) is 5.32 Å². The molecule has 0 radical (unpaired) electrons. The monoisotopic (exact) mass is 353 g/mol. The number of rotatable bonds is 4. The molecular weight excluding hydrogens is 338 g/mol. The number of nitrogens with zero attached hydrogens (tertiary/aromatic N) is 2. The van der Waals surface area contributed by atoms with Crippen molar-refractivity contribution in [2.45, 2.75) is 27.2 Å². The second-order valence-electron chi connectivity index (χ2n) is 5.04. The molecule has 20 heavy (non-hydrogen) atoms. The fourth-order valence-electron chi connectivity index (χ4n) is 1.71. The highest BCUT2D eigenvalue weighted by Crippen LogP contribution is 2.22. The minimum Gasteiger partial charge on any atom is -0.296 e. The summed E-state index contributed by atoms with van der Waals surface area (Å²) in [7, 11) is 0. The molecule has 1 aromatic carbocycles. The molecule has 2 aromatic rings. The summed E-state index contributed by atoms with van der Waals surface area (Å²) in [6, 6.07) is 5.66. The van der Waals surface area contributed by atoms with Crippen LogP contribution in [-0.2, 0) is 6.42 Å². The van der Waals surface area contributed by atoms with E-state index < -0.39 is 0 Å². The number of aromatic nitrogens is 2. The van der Waals surface area contributed by atoms with Crippen LogP contribution in [0, 0.1) is 12.8 Å². The van der Waals surface area contributed by atoms with Crippen molar-refractivity contribution < 1.29 is 4.79 Å². The van der Waals surface area contributed by atoms with E-state index in [4.69, 9.17) is 0 Å². The number of aryl methyl sites for hydroxylation is 1. The number of anilines is 1. The highest BCUT2D eigenvalue weighted by molar-refractivity contribution is 9.10. The molecule has 0 aliphatic heterocycles. The summed E-state index contributed by atoms with van der Waals surface area (Å²) in [5.41, 5.74) is 1.64. The fourth-order valence-corrected chi connectivity index (χ4v) is 3.09. The molecule has 0 aliphatic carbocycles. The van der Waals surface area contributed by atoms with Crippen LogP contribution in [0.5, 0.6) is 0 Å². The maximum absolute atomic E-state index is 12.2. The maximum atomic E-state index is 12.2. The van der Waals surface area contributed by atoms with E-state index in [1.165, 1.54) is 11.3 Å². The van der Waals surface area contributed by atoms with Crippen LogP contribution in [0.2, 0.25) is 0 Å². The number of halogens is 1. The highest BCUT2D eigenvalue weighted by Gasteiger charge is 2.13. The fraction of sp³-hybridized carbons (Fsp3) is 0.357. The van der Waals surface area contributed by atoms with E-state index in [1.54, 1.807) is 0 Å². The standard InChI is InChI=1S/C14H16BrN3OS/c1-8(2)6-12-17-18-14(20-12)16-13(19)10-7-9(3)4-5-11(10)15/h4-5,7-8H,6H2,1-3H3,(H,16,18,19). The Labute approximate surface area is 130 Å². The quantitative estimate of drug-likeness (QED) is 0.901. The van der Waals surface area contributed by atoms with Gasteiger partial charge in [0.25, 0.3) is 5.91 Å². The van der Waals surface area contributed by atoms with E-state index in [9.17, 15) is 4.79 Å². The first kappa shape index (κ1) is 15.1. The van der Waals surface area contributed by atoms with Crippen molar-refractivity contribution in [2.24, 2.45) is 5.92 Å². The van der Waals surface area contributed by atoms with Gasteiger partial charge in [-0.25, -0.2) is 0 Å². The summed E-state index contributed by atoms with van der Waals surface area (Å²) in [5.74, 6) is 0.352. The molecular formula is C14H16BrN3OS. The van der Waals surface area contributed by atoms with Gasteiger partial charge in [0.15, 0.2) is 0 Å². The minimum atomic E-state index is -0.173. The smallest absolute Gasteiger partial charge is 0.258 e. The van der Waals surface area contributed by atoms with Gasteiger partial charge in [-0.05, 0) is 40.9 Å². The van der Waals surface area contributed by atoms with Crippen LogP contribution in [0.4, 0.5) is 5.13 Å². The third-order valence-electron chi connectivity index (χ3n) is 2.64. The van der Waals surface area contributed by atoms with E-state index in [0.717, 1.165) is 21.5 Å². The van der Waals surface area contributed by atoms with E-state index in [-0.39, 0.29) is 5.91 Å². The van der Waals surface area contributed by atoms with Gasteiger partial charge < -0.3 is 0 Å². The first-order chi connectivity index (χ1) is 9.45. The van der Waals surface area contributed by atoms with Gasteiger partial charge in [-0.2, -0.15) is 0 Å². The van der Waals surface area contributed by atoms with Crippen molar-refractivity contribution >= 4 is 38.3 Å². The number of benzene rings is 1. The Bertz CT molecular complexity index is 625. The predicted molar refractivity (Wildman–Crippen MR) is 85.3 cm³/mol. The van der Waals surface area contributed by atoms with Crippen molar-refractivity contribution in [3.8, 4) is 0 Å². The summed E-state index contributed by atoms with van der Waals surface area (Å²) >= 11 is 4.81. The van der Waals surface area contributed by atoms with Crippen LogP contribution in [-0.4, -0.2) is 16.1 Å². The third kappa shape index (κ3) is 3.86. The number of carbonyl (C=O) groups is 1. The van der Waals surface area contributed by atoms with Crippen LogP contribution in [0.3, 0.4) is 0 Å². The van der Waals surface area contributed by atoms with E-state index in [1.807, 2.05) is 25.1 Å². The molecule has 0 saturated heterocycles. The van der Waals surface area contributed by atoms with Crippen molar-refractivity contribution in [3.63, 3.8) is 0 Å². The lowest BCUT2D eigenvalue weighted by Crippen LogP contribution is -2.12. The second kappa shape index (κ2) is 6.45. The molecule has 0 spiro atoms. The number of carbonyl (C=O) groups excluding carboxylic acids is 1. The number of hydrogen-bond acceptors (Lipinski definition) is 4. The molecule has 1 amide bonds. The van der Waals surface area contributed by atoms with Gasteiger partial charge in [-0.15, -0.1) is 10.2 Å². The summed E-state index contributed by atoms with van der Waals surface area (Å²) in [6.07, 6.45) is 0.877. The Hall–Kier alpha value is -1.27. The van der Waals surface area contributed by atoms with Gasteiger partial charge in [0.1, 0.15) is 5.01 Å². The van der Waals surface area contributed by atoms with Crippen molar-refractivity contribution in [3.05, 3.63) is 38.8 Å². The van der Waals surface area contributed by atoms with E-state index >= 15 is 0 Å². The first-order valence-electron chi connectivity index (χ1n) is 6.35. The van der Waals surface area contributed by atoms with Crippen LogP contribution in [0.1, 0.15) is 34.8 Å². The number of amides is 1. The molecule has 2 rings (SSSR count). The van der Waals surface area contributed by atoms with Gasteiger partial charge >= 0.3 is 0 Å². The molecule has 1 N–H and O–H groups in total. The average molecular weight is 354 g/mol. The lowest BCUT2D eigenvalue weighted by atomic mass is 10.1. The highest BCUT2D eigenvalue weighted by atomic mass is 79.9. The topological polar surface area (TPSA) is 54.9 Å². The third-order valence-corrected chi connectivity index (χ3v) is 4.19. The van der Waals surface area contributed by atoms with Gasteiger partial charge in [-0.1, -0.05) is 36.8 Å². The molecule has 0 aliphatic rings. The summed E-state index contributed by atoms with van der Waals surface area (Å²) < 4.78 is 0.771. The zero-order chi connectivity index (χ0) is 14.7. The zero-order valence-electron chi connectivity index (χ0n) is 11.6. The minimum absolute atomic E-state index is 0.173. The predicted octanol–water partition coefficient (Wildman–Crippen LogP) is 4.06. The average Bonchev–Trinajstić information content (AvgIpc) is 2.78. The molecule has 0 fully saturated rings. The van der Waals surface area contributed by atoms with Crippen LogP contribution >= 0.6 is 27.3 Å². The molecule has 0 atom stereocenters. The van der Waals surface area contributed by atoms with Gasteiger partial charge in [0.05, 0.1) is 5.56 Å². The number of hydrogen-bond donors (Lipinski definition) is 1. The molecule has 0 saturated carbocycles. The lowest BCUT2D eigenvalue weighted by Gasteiger charge is -2.05. The Balaban J connectivity index is 2.11. The van der Waals surface area contributed by atoms with Gasteiger partial charge in [0, 0.05) is 10.9 Å². The summed E-state index contributed by atoms with van der Waals surface area (Å²) in [6.45, 7) is 6.21. The molecule has 1 heterocycles. The Morgan fingerprint density at radius 2 is 2.15 bits per heavy atom. The lowest BCUT2D eigenvalue weighted by molar-refractivity contribution is 0.102. The Morgan fingerprint density at radius 1 is 1.40 bits per heavy atom. The first-order valence-corrected chi connectivity index (χ1v) is 7.96. The molecule has 0 bridgehead atoms. The van der Waals surface area contributed by atoms with Gasteiger partial charge in [0.2, 0.25) is 5.13 Å². The van der Waals surface area contributed by atoms with E-state index in [2.05, 4.69) is 45.3 Å². The largest absolute Gasteiger partial charge is 0.296 e. The molecule has 1 aromatic heterocycles. The normalized spacial score (nSPS) is 10.8. The Morgan fingerprint density at radius 3 is 2.85 bits per heavy atom.